The lowest BCUT2D eigenvalue weighted by atomic mass is 9.36. The van der Waals surface area contributed by atoms with Crippen molar-refractivity contribution in [1.29, 1.82) is 0 Å². The highest BCUT2D eigenvalue weighted by molar-refractivity contribution is 6.64. The van der Waals surface area contributed by atoms with Gasteiger partial charge in [-0.2, -0.15) is 0 Å². The molecule has 11 heteroatoms. The number of ether oxygens (including phenoxy) is 1. The van der Waals surface area contributed by atoms with Crippen molar-refractivity contribution >= 4 is 73.7 Å². The molecule has 16 radical (unpaired) electrons. The van der Waals surface area contributed by atoms with Crippen molar-refractivity contribution in [1.82, 2.24) is 9.88 Å². The van der Waals surface area contributed by atoms with Crippen LogP contribution in [0.1, 0.15) is 5.56 Å². The van der Waals surface area contributed by atoms with Crippen molar-refractivity contribution in [3.63, 3.8) is 0 Å². The van der Waals surface area contributed by atoms with E-state index in [2.05, 4.69) is 4.98 Å². The van der Waals surface area contributed by atoms with Crippen molar-refractivity contribution < 1.29 is 4.74 Å². The first-order chi connectivity index (χ1) is 10.9. The first kappa shape index (κ1) is 19.4. The molecule has 0 unspecified atom stereocenters. The molecule has 2 rings (SSSR count). The largest absolute Gasteiger partial charge is 0.497 e. The molecule has 0 amide bonds. The van der Waals surface area contributed by atoms with Gasteiger partial charge in [0.15, 0.2) is 0 Å². The van der Waals surface area contributed by atoms with Crippen LogP contribution in [0.3, 0.4) is 0 Å². The van der Waals surface area contributed by atoms with Crippen LogP contribution in [0.25, 0.3) is 10.9 Å². The molecular formula is C13H10B8N2O. The van der Waals surface area contributed by atoms with Gasteiger partial charge in [0.25, 0.3) is 0 Å². The Kier molecular flexibility index (Phi) is 5.17. The van der Waals surface area contributed by atoms with E-state index in [-0.39, 0.29) is 6.42 Å². The molecule has 0 aliphatic heterocycles. The number of methoxy groups -OCH3 is 1. The molecule has 0 fully saturated rings. The summed E-state index contributed by atoms with van der Waals surface area (Å²) in [5, 5.41) is -4.95. The lowest BCUT2D eigenvalue weighted by Crippen LogP contribution is -2.73. The highest BCUT2D eigenvalue weighted by Crippen LogP contribution is 2.29. The van der Waals surface area contributed by atoms with Crippen LogP contribution in [0.5, 0.6) is 5.75 Å². The Morgan fingerprint density at radius 2 is 1.58 bits per heavy atom. The second kappa shape index (κ2) is 6.40. The van der Waals surface area contributed by atoms with Crippen LogP contribution in [-0.4, -0.2) is 95.6 Å². The summed E-state index contributed by atoms with van der Waals surface area (Å²) < 4.78 is 5.23. The fraction of sp³-hybridized carbons (Fsp3) is 0.385. The molecule has 0 aliphatic carbocycles. The second-order valence-corrected chi connectivity index (χ2v) is 6.00. The maximum Gasteiger partial charge on any atom is 0.119 e. The third kappa shape index (κ3) is 3.99. The first-order valence-corrected chi connectivity index (χ1v) is 7.12. The fourth-order valence-corrected chi connectivity index (χ4v) is 2.87. The first-order valence-electron chi connectivity index (χ1n) is 7.12. The Hall–Kier alpha value is -0.961. The molecule has 0 saturated carbocycles. The van der Waals surface area contributed by atoms with Gasteiger partial charge in [0.2, 0.25) is 0 Å². The van der Waals surface area contributed by atoms with Crippen LogP contribution in [0.2, 0.25) is 0 Å². The molecule has 2 aromatic rings. The van der Waals surface area contributed by atoms with Crippen molar-refractivity contribution in [2.24, 2.45) is 0 Å². The summed E-state index contributed by atoms with van der Waals surface area (Å²) in [6, 6.07) is 5.52. The number of fused-ring (bicyclic) bond motifs is 1. The minimum absolute atomic E-state index is 0.0564. The normalized spacial score (nSPS) is 13.4. The van der Waals surface area contributed by atoms with Gasteiger partial charge in [0.05, 0.1) is 69.9 Å². The number of rotatable bonds is 6. The molecule has 24 heavy (non-hydrogen) atoms. The lowest BCUT2D eigenvalue weighted by Gasteiger charge is -2.58. The Morgan fingerprint density at radius 1 is 1.00 bits per heavy atom. The van der Waals surface area contributed by atoms with Gasteiger partial charge in [-0.05, 0) is 30.2 Å². The maximum atomic E-state index is 6.16. The molecule has 3 nitrogen and oxygen atoms in total. The van der Waals surface area contributed by atoms with E-state index in [4.69, 9.17) is 67.5 Å². The Balaban J connectivity index is 2.44. The molecule has 1 aromatic heterocycles. The highest BCUT2D eigenvalue weighted by atomic mass is 16.5. The van der Waals surface area contributed by atoms with Crippen molar-refractivity contribution in [2.75, 3.05) is 7.11 Å². The van der Waals surface area contributed by atoms with Crippen LogP contribution >= 0.6 is 0 Å². The lowest BCUT2D eigenvalue weighted by molar-refractivity contribution is 0.216. The van der Waals surface area contributed by atoms with Gasteiger partial charge in [-0.15, -0.1) is 0 Å². The van der Waals surface area contributed by atoms with Crippen LogP contribution < -0.4 is 4.74 Å². The van der Waals surface area contributed by atoms with E-state index < -0.39 is 15.8 Å². The smallest absolute Gasteiger partial charge is 0.119 e. The molecule has 1 aromatic carbocycles. The molecular weight excluding hydrogens is 287 g/mol. The standard InChI is InChI=1S/C13H10B8N2O/c1-24-8-2-3-10-9(4-8)7(6-22-10)5-11(14,15)23(12(16,17)18)13(19,20)21/h2-4,6,22H,5H2,1H3. The van der Waals surface area contributed by atoms with E-state index in [1.54, 1.807) is 13.3 Å². The number of benzene rings is 1. The summed E-state index contributed by atoms with van der Waals surface area (Å²) in [5.74, 6) is 0.677. The van der Waals surface area contributed by atoms with Crippen LogP contribution in [0, 0.1) is 0 Å². The second-order valence-electron chi connectivity index (χ2n) is 6.00. The zero-order valence-electron chi connectivity index (χ0n) is 13.5. The fourth-order valence-electron chi connectivity index (χ4n) is 2.87. The number of H-pyrrole nitrogens is 1. The molecule has 0 spiro atoms. The van der Waals surface area contributed by atoms with Gasteiger partial charge in [-0.3, -0.25) is 0 Å². The molecule has 0 atom stereocenters. The zero-order chi connectivity index (χ0) is 18.3. The van der Waals surface area contributed by atoms with Gasteiger partial charge < -0.3 is 14.6 Å². The van der Waals surface area contributed by atoms with E-state index in [9.17, 15) is 0 Å². The summed E-state index contributed by atoms with van der Waals surface area (Å²) in [4.78, 5) is 3.96. The average molecular weight is 297 g/mol. The topological polar surface area (TPSA) is 28.3 Å². The quantitative estimate of drug-likeness (QED) is 0.640. The molecule has 0 aliphatic rings. The summed E-state index contributed by atoms with van der Waals surface area (Å²) in [6.45, 7) is 0. The van der Waals surface area contributed by atoms with E-state index in [0.717, 1.165) is 21.4 Å². The minimum atomic E-state index is -2.04. The monoisotopic (exact) mass is 298 g/mol. The summed E-state index contributed by atoms with van der Waals surface area (Å²) >= 11 is 0. The summed E-state index contributed by atoms with van der Waals surface area (Å²) in [6.07, 6.45) is 1.80. The number of hydrogen-bond donors (Lipinski definition) is 1. The summed E-state index contributed by atoms with van der Waals surface area (Å²) in [5.41, 5.74) is 1.62. The minimum Gasteiger partial charge on any atom is -0.497 e. The molecule has 0 saturated heterocycles. The van der Waals surface area contributed by atoms with Gasteiger partial charge in [0.1, 0.15) is 5.75 Å². The average Bonchev–Trinajstić information content (AvgIpc) is 2.76. The Labute approximate surface area is 153 Å². The van der Waals surface area contributed by atoms with Gasteiger partial charge in [-0.1, -0.05) is 15.8 Å². The third-order valence-corrected chi connectivity index (χ3v) is 3.64. The van der Waals surface area contributed by atoms with E-state index in [0.29, 0.717) is 5.75 Å². The van der Waals surface area contributed by atoms with Crippen molar-refractivity contribution in [3.8, 4) is 5.75 Å². The SMILES string of the molecule is [B]C([B])([B])N(C([B])([B])[B])C([B])([B])Cc1c[nH]c2ccc(OC)cc12. The Morgan fingerprint density at radius 3 is 2.08 bits per heavy atom. The number of aromatic amines is 1. The van der Waals surface area contributed by atoms with E-state index in [1.165, 1.54) is 0 Å². The number of nitrogens with zero attached hydrogens (tertiary/aromatic N) is 1. The highest BCUT2D eigenvalue weighted by Gasteiger charge is 2.39. The van der Waals surface area contributed by atoms with Crippen LogP contribution in [0.15, 0.2) is 24.4 Å². The Bertz CT molecular complexity index is 705. The predicted octanol–water partition coefficient (Wildman–Crippen LogP) is -1.75. The van der Waals surface area contributed by atoms with Crippen molar-refractivity contribution in [3.05, 3.63) is 30.0 Å². The molecule has 102 valence electrons. The van der Waals surface area contributed by atoms with Crippen LogP contribution in [0.4, 0.5) is 0 Å². The zero-order valence-corrected chi connectivity index (χ0v) is 13.5. The van der Waals surface area contributed by atoms with Gasteiger partial charge in [-0.25, -0.2) is 0 Å². The van der Waals surface area contributed by atoms with E-state index in [1.807, 2.05) is 18.2 Å². The maximum absolute atomic E-state index is 6.16. The molecule has 0 bridgehead atoms. The van der Waals surface area contributed by atoms with Crippen molar-refractivity contribution in [2.45, 2.75) is 22.2 Å². The van der Waals surface area contributed by atoms with Gasteiger partial charge >= 0.3 is 0 Å². The predicted molar refractivity (Wildman–Crippen MR) is 105 cm³/mol. The number of nitrogens with one attached hydrogen (secondary N) is 1. The van der Waals surface area contributed by atoms with Gasteiger partial charge in [0, 0.05) is 17.1 Å². The molecule has 1 N–H and O–H groups in total. The van der Waals surface area contributed by atoms with Crippen LogP contribution in [-0.2, 0) is 6.42 Å². The van der Waals surface area contributed by atoms with E-state index >= 15 is 0 Å². The third-order valence-electron chi connectivity index (χ3n) is 3.64. The number of aromatic nitrogens is 1. The number of hydrogen-bond acceptors (Lipinski definition) is 2. The summed E-state index contributed by atoms with van der Waals surface area (Å²) in [7, 11) is 48.1. The molecule has 1 heterocycles.